The average molecular weight is 287 g/mol. The van der Waals surface area contributed by atoms with Crippen molar-refractivity contribution in [2.24, 2.45) is 0 Å². The summed E-state index contributed by atoms with van der Waals surface area (Å²) in [6.07, 6.45) is 0.512. The molecule has 0 aliphatic heterocycles. The third kappa shape index (κ3) is 4.68. The monoisotopic (exact) mass is 287 g/mol. The Morgan fingerprint density at radius 1 is 1.10 bits per heavy atom. The molecule has 0 aliphatic carbocycles. The van der Waals surface area contributed by atoms with Gasteiger partial charge in [0.1, 0.15) is 5.82 Å². The minimum Gasteiger partial charge on any atom is -0.394 e. The number of aliphatic hydroxyl groups is 1. The highest BCUT2D eigenvalue weighted by molar-refractivity contribution is 5.78. The zero-order valence-corrected chi connectivity index (χ0v) is 11.6. The highest BCUT2D eigenvalue weighted by Gasteiger charge is 2.13. The van der Waals surface area contributed by atoms with E-state index in [1.807, 2.05) is 30.3 Å². The fourth-order valence-electron chi connectivity index (χ4n) is 2.15. The summed E-state index contributed by atoms with van der Waals surface area (Å²) in [5, 5.41) is 12.1. The second kappa shape index (κ2) is 7.55. The molecule has 0 saturated carbocycles. The minimum absolute atomic E-state index is 0.0298. The number of rotatable bonds is 6. The first kappa shape index (κ1) is 15.2. The summed E-state index contributed by atoms with van der Waals surface area (Å²) >= 11 is 0. The molecule has 0 aromatic heterocycles. The van der Waals surface area contributed by atoms with E-state index in [9.17, 15) is 14.3 Å². The SMILES string of the molecule is O=C(Cc1ccccc1F)N[C@H](CO)Cc1ccccc1. The van der Waals surface area contributed by atoms with Crippen LogP contribution in [0.1, 0.15) is 11.1 Å². The molecule has 2 aromatic carbocycles. The third-order valence-corrected chi connectivity index (χ3v) is 3.22. The maximum atomic E-state index is 13.5. The molecule has 0 heterocycles. The zero-order chi connectivity index (χ0) is 15.1. The first-order valence-electron chi connectivity index (χ1n) is 6.86. The van der Waals surface area contributed by atoms with E-state index in [1.54, 1.807) is 18.2 Å². The minimum atomic E-state index is -0.392. The molecule has 0 fully saturated rings. The lowest BCUT2D eigenvalue weighted by atomic mass is 10.1. The number of hydrogen-bond acceptors (Lipinski definition) is 2. The molecule has 0 unspecified atom stereocenters. The van der Waals surface area contributed by atoms with Gasteiger partial charge in [-0.05, 0) is 23.6 Å². The summed E-state index contributed by atoms with van der Waals surface area (Å²) in [6.45, 7) is -0.155. The first-order valence-corrected chi connectivity index (χ1v) is 6.86. The molecule has 0 saturated heterocycles. The number of amides is 1. The van der Waals surface area contributed by atoms with Crippen molar-refractivity contribution in [3.63, 3.8) is 0 Å². The molecule has 0 spiro atoms. The van der Waals surface area contributed by atoms with Crippen LogP contribution in [-0.4, -0.2) is 23.7 Å². The summed E-state index contributed by atoms with van der Waals surface area (Å²) in [6, 6.07) is 15.4. The van der Waals surface area contributed by atoms with Crippen LogP contribution >= 0.6 is 0 Å². The van der Waals surface area contributed by atoms with Gasteiger partial charge in [0.05, 0.1) is 19.1 Å². The number of hydrogen-bond donors (Lipinski definition) is 2. The van der Waals surface area contributed by atoms with Crippen molar-refractivity contribution in [1.82, 2.24) is 5.32 Å². The van der Waals surface area contributed by atoms with Gasteiger partial charge in [-0.15, -0.1) is 0 Å². The van der Waals surface area contributed by atoms with Crippen molar-refractivity contribution in [2.45, 2.75) is 18.9 Å². The van der Waals surface area contributed by atoms with Gasteiger partial charge in [-0.1, -0.05) is 48.5 Å². The quantitative estimate of drug-likeness (QED) is 0.854. The van der Waals surface area contributed by atoms with Crippen molar-refractivity contribution in [2.75, 3.05) is 6.61 Å². The molecule has 110 valence electrons. The molecular formula is C17H18FNO2. The van der Waals surface area contributed by atoms with Crippen molar-refractivity contribution in [3.8, 4) is 0 Å². The smallest absolute Gasteiger partial charge is 0.224 e. The molecule has 0 aliphatic rings. The van der Waals surface area contributed by atoms with Crippen LogP contribution in [0.4, 0.5) is 4.39 Å². The Hall–Kier alpha value is -2.20. The van der Waals surface area contributed by atoms with Gasteiger partial charge >= 0.3 is 0 Å². The highest BCUT2D eigenvalue weighted by Crippen LogP contribution is 2.08. The van der Waals surface area contributed by atoms with Gasteiger partial charge in [0.25, 0.3) is 0 Å². The van der Waals surface area contributed by atoms with E-state index >= 15 is 0 Å². The third-order valence-electron chi connectivity index (χ3n) is 3.22. The molecule has 1 amide bonds. The van der Waals surface area contributed by atoms with E-state index in [4.69, 9.17) is 0 Å². The van der Waals surface area contributed by atoms with E-state index in [-0.39, 0.29) is 25.0 Å². The lowest BCUT2D eigenvalue weighted by molar-refractivity contribution is -0.121. The predicted octanol–water partition coefficient (Wildman–Crippen LogP) is 2.09. The van der Waals surface area contributed by atoms with Crippen molar-refractivity contribution < 1.29 is 14.3 Å². The molecule has 0 bridgehead atoms. The number of halogens is 1. The Morgan fingerprint density at radius 3 is 2.43 bits per heavy atom. The second-order valence-electron chi connectivity index (χ2n) is 4.90. The molecule has 0 radical (unpaired) electrons. The molecule has 2 aromatic rings. The van der Waals surface area contributed by atoms with Gasteiger partial charge in [0.15, 0.2) is 0 Å². The van der Waals surface area contributed by atoms with Gasteiger partial charge in [0.2, 0.25) is 5.91 Å². The van der Waals surface area contributed by atoms with Crippen LogP contribution in [0.2, 0.25) is 0 Å². The molecule has 21 heavy (non-hydrogen) atoms. The summed E-state index contributed by atoms with van der Waals surface area (Å²) in [4.78, 5) is 11.9. The molecule has 2 N–H and O–H groups in total. The van der Waals surface area contributed by atoms with Gasteiger partial charge in [-0.2, -0.15) is 0 Å². The fraction of sp³-hybridized carbons (Fsp3) is 0.235. The Labute approximate surface area is 123 Å². The molecule has 2 rings (SSSR count). The summed E-state index contributed by atoms with van der Waals surface area (Å²) < 4.78 is 13.5. The summed E-state index contributed by atoms with van der Waals surface area (Å²) in [5.74, 6) is -0.689. The Balaban J connectivity index is 1.92. The van der Waals surface area contributed by atoms with Gasteiger partial charge in [0, 0.05) is 0 Å². The van der Waals surface area contributed by atoms with Gasteiger partial charge < -0.3 is 10.4 Å². The van der Waals surface area contributed by atoms with Crippen molar-refractivity contribution in [1.29, 1.82) is 0 Å². The van der Waals surface area contributed by atoms with Gasteiger partial charge in [-0.25, -0.2) is 4.39 Å². The zero-order valence-electron chi connectivity index (χ0n) is 11.6. The molecular weight excluding hydrogens is 269 g/mol. The Bertz CT molecular complexity index is 586. The topological polar surface area (TPSA) is 49.3 Å². The second-order valence-corrected chi connectivity index (χ2v) is 4.90. The van der Waals surface area contributed by atoms with E-state index in [0.29, 0.717) is 12.0 Å². The predicted molar refractivity (Wildman–Crippen MR) is 79.3 cm³/mol. The lowest BCUT2D eigenvalue weighted by Crippen LogP contribution is -2.40. The van der Waals surface area contributed by atoms with Crippen LogP contribution < -0.4 is 5.32 Å². The van der Waals surface area contributed by atoms with Crippen LogP contribution in [-0.2, 0) is 17.6 Å². The van der Waals surface area contributed by atoms with E-state index < -0.39 is 5.82 Å². The fourth-order valence-corrected chi connectivity index (χ4v) is 2.15. The largest absolute Gasteiger partial charge is 0.394 e. The number of nitrogens with one attached hydrogen (secondary N) is 1. The van der Waals surface area contributed by atoms with E-state index in [0.717, 1.165) is 5.56 Å². The van der Waals surface area contributed by atoms with Crippen LogP contribution in [0, 0.1) is 5.82 Å². The Kier molecular flexibility index (Phi) is 5.46. The first-order chi connectivity index (χ1) is 10.2. The lowest BCUT2D eigenvalue weighted by Gasteiger charge is -2.16. The molecule has 1 atom stereocenters. The standard InChI is InChI=1S/C17H18FNO2/c18-16-9-5-4-8-14(16)11-17(21)19-15(12-20)10-13-6-2-1-3-7-13/h1-9,15,20H,10-12H2,(H,19,21)/t15-/m0/s1. The van der Waals surface area contributed by atoms with E-state index in [1.165, 1.54) is 6.07 Å². The van der Waals surface area contributed by atoms with Crippen LogP contribution in [0.25, 0.3) is 0 Å². The van der Waals surface area contributed by atoms with Crippen LogP contribution in [0.5, 0.6) is 0 Å². The summed E-state index contributed by atoms with van der Waals surface area (Å²) in [5.41, 5.74) is 1.38. The normalized spacial score (nSPS) is 11.9. The van der Waals surface area contributed by atoms with Crippen LogP contribution in [0.15, 0.2) is 54.6 Å². The number of carbonyl (C=O) groups excluding carboxylic acids is 1. The van der Waals surface area contributed by atoms with Crippen molar-refractivity contribution >= 4 is 5.91 Å². The number of carbonyl (C=O) groups is 1. The molecule has 3 nitrogen and oxygen atoms in total. The maximum Gasteiger partial charge on any atom is 0.224 e. The number of benzene rings is 2. The average Bonchev–Trinajstić information content (AvgIpc) is 2.50. The van der Waals surface area contributed by atoms with Gasteiger partial charge in [-0.3, -0.25) is 4.79 Å². The highest BCUT2D eigenvalue weighted by atomic mass is 19.1. The van der Waals surface area contributed by atoms with E-state index in [2.05, 4.69) is 5.32 Å². The number of aliphatic hydroxyl groups excluding tert-OH is 1. The van der Waals surface area contributed by atoms with Crippen LogP contribution in [0.3, 0.4) is 0 Å². The Morgan fingerprint density at radius 2 is 1.76 bits per heavy atom. The summed E-state index contributed by atoms with van der Waals surface area (Å²) in [7, 11) is 0. The van der Waals surface area contributed by atoms with Crippen molar-refractivity contribution in [3.05, 3.63) is 71.5 Å². The molecule has 4 heteroatoms. The maximum absolute atomic E-state index is 13.5.